The molecule has 2 N–H and O–H groups in total. The second-order valence-corrected chi connectivity index (χ2v) is 8.27. The van der Waals surface area contributed by atoms with Crippen molar-refractivity contribution in [2.24, 2.45) is 11.8 Å². The molecule has 2 unspecified atom stereocenters. The SMILES string of the molecule is O=C(O)N1CC2CCC(C1)C2Nc1nc2c(-c3ccc(C(F)(F)F)cc3F)cccn2n1. The quantitative estimate of drug-likeness (QED) is 0.581. The number of likely N-dealkylation sites (tertiary alicyclic amines) is 1. The first-order valence-corrected chi connectivity index (χ1v) is 10.2. The molecule has 3 heterocycles. The predicted octanol–water partition coefficient (Wildman–Crippen LogP) is 4.35. The van der Waals surface area contributed by atoms with Gasteiger partial charge in [0.05, 0.1) is 5.56 Å². The van der Waals surface area contributed by atoms with Crippen molar-refractivity contribution < 1.29 is 27.5 Å². The van der Waals surface area contributed by atoms with Gasteiger partial charge in [0, 0.05) is 36.5 Å². The summed E-state index contributed by atoms with van der Waals surface area (Å²) in [5.41, 5.74) is -0.429. The summed E-state index contributed by atoms with van der Waals surface area (Å²) in [6, 6.07) is 5.63. The van der Waals surface area contributed by atoms with Crippen LogP contribution in [-0.2, 0) is 6.18 Å². The minimum atomic E-state index is -4.63. The number of halogens is 4. The van der Waals surface area contributed by atoms with E-state index in [1.807, 2.05) is 0 Å². The molecule has 7 nitrogen and oxygen atoms in total. The summed E-state index contributed by atoms with van der Waals surface area (Å²) in [4.78, 5) is 17.2. The van der Waals surface area contributed by atoms with E-state index in [4.69, 9.17) is 0 Å². The second kappa shape index (κ2) is 7.35. The molecule has 1 saturated carbocycles. The lowest BCUT2D eigenvalue weighted by molar-refractivity contribution is -0.137. The molecule has 168 valence electrons. The normalized spacial score (nSPS) is 23.0. The number of amides is 1. The van der Waals surface area contributed by atoms with Gasteiger partial charge in [-0.2, -0.15) is 18.2 Å². The van der Waals surface area contributed by atoms with Crippen LogP contribution in [0.3, 0.4) is 0 Å². The molecule has 5 rings (SSSR count). The molecule has 2 aliphatic rings. The number of rotatable bonds is 3. The van der Waals surface area contributed by atoms with Gasteiger partial charge < -0.3 is 15.3 Å². The molecule has 0 spiro atoms. The number of pyridine rings is 1. The summed E-state index contributed by atoms with van der Waals surface area (Å²) in [6.07, 6.45) is -2.12. The summed E-state index contributed by atoms with van der Waals surface area (Å²) in [5, 5.41) is 17.0. The molecule has 1 amide bonds. The van der Waals surface area contributed by atoms with Crippen molar-refractivity contribution in [2.75, 3.05) is 18.4 Å². The Morgan fingerprint density at radius 1 is 1.12 bits per heavy atom. The second-order valence-electron chi connectivity index (χ2n) is 8.27. The number of fused-ring (bicyclic) bond motifs is 3. The number of hydrogen-bond acceptors (Lipinski definition) is 4. The van der Waals surface area contributed by atoms with Crippen molar-refractivity contribution in [2.45, 2.75) is 25.1 Å². The fourth-order valence-electron chi connectivity index (χ4n) is 4.85. The Morgan fingerprint density at radius 2 is 1.84 bits per heavy atom. The number of nitrogens with zero attached hydrogens (tertiary/aromatic N) is 4. The highest BCUT2D eigenvalue weighted by Crippen LogP contribution is 2.39. The van der Waals surface area contributed by atoms with Gasteiger partial charge in [-0.3, -0.25) is 0 Å². The summed E-state index contributed by atoms with van der Waals surface area (Å²) in [7, 11) is 0. The number of piperidine rings is 1. The third kappa shape index (κ3) is 3.51. The fraction of sp³-hybridized carbons (Fsp3) is 0.381. The molecule has 1 saturated heterocycles. The van der Waals surface area contributed by atoms with Crippen LogP contribution in [0.25, 0.3) is 16.8 Å². The van der Waals surface area contributed by atoms with E-state index in [0.29, 0.717) is 36.3 Å². The monoisotopic (exact) mass is 449 g/mol. The van der Waals surface area contributed by atoms with Crippen molar-refractivity contribution in [1.29, 1.82) is 0 Å². The molecule has 2 fully saturated rings. The van der Waals surface area contributed by atoms with Gasteiger partial charge in [-0.05, 0) is 48.9 Å². The Labute approximate surface area is 179 Å². The van der Waals surface area contributed by atoms with Crippen molar-refractivity contribution in [1.82, 2.24) is 19.5 Å². The number of hydrogen-bond donors (Lipinski definition) is 2. The average molecular weight is 449 g/mol. The Morgan fingerprint density at radius 3 is 2.47 bits per heavy atom. The van der Waals surface area contributed by atoms with Gasteiger partial charge >= 0.3 is 12.3 Å². The lowest BCUT2D eigenvalue weighted by atomic mass is 9.92. The standard InChI is InChI=1S/C21H19F4N5O2/c22-16-8-13(21(23,24)25)5-6-14(16)15-2-1-7-30-18(15)27-19(28-30)26-17-11-3-4-12(17)10-29(9-11)20(31)32/h1-2,5-8,11-12,17H,3-4,9-10H2,(H,26,28)(H,31,32). The van der Waals surface area contributed by atoms with E-state index < -0.39 is 23.7 Å². The van der Waals surface area contributed by atoms with Crippen molar-refractivity contribution in [3.05, 3.63) is 47.9 Å². The van der Waals surface area contributed by atoms with E-state index in [1.165, 1.54) is 9.42 Å². The highest BCUT2D eigenvalue weighted by Gasteiger charge is 2.43. The van der Waals surface area contributed by atoms with E-state index >= 15 is 0 Å². The van der Waals surface area contributed by atoms with Gasteiger partial charge in [-0.25, -0.2) is 13.7 Å². The minimum Gasteiger partial charge on any atom is -0.465 e. The van der Waals surface area contributed by atoms with E-state index in [0.717, 1.165) is 25.0 Å². The van der Waals surface area contributed by atoms with E-state index in [-0.39, 0.29) is 23.4 Å². The molecular formula is C21H19F4N5O2. The molecule has 1 aliphatic carbocycles. The van der Waals surface area contributed by atoms with Crippen LogP contribution in [0.15, 0.2) is 36.5 Å². The van der Waals surface area contributed by atoms with Gasteiger partial charge in [0.1, 0.15) is 5.82 Å². The fourth-order valence-corrected chi connectivity index (χ4v) is 4.85. The Kier molecular flexibility index (Phi) is 4.72. The Balaban J connectivity index is 1.44. The molecule has 32 heavy (non-hydrogen) atoms. The summed E-state index contributed by atoms with van der Waals surface area (Å²) in [6.45, 7) is 0.887. The van der Waals surface area contributed by atoms with Gasteiger partial charge in [-0.1, -0.05) is 6.07 Å². The largest absolute Gasteiger partial charge is 0.465 e. The van der Waals surface area contributed by atoms with Crippen LogP contribution < -0.4 is 5.32 Å². The number of nitrogens with one attached hydrogen (secondary N) is 1. The van der Waals surface area contributed by atoms with Gasteiger partial charge in [0.15, 0.2) is 5.65 Å². The van der Waals surface area contributed by atoms with Crippen LogP contribution in [0.1, 0.15) is 18.4 Å². The van der Waals surface area contributed by atoms with E-state index in [9.17, 15) is 27.5 Å². The molecule has 2 aromatic heterocycles. The molecule has 2 bridgehead atoms. The topological polar surface area (TPSA) is 82.8 Å². The number of alkyl halides is 3. The summed E-state index contributed by atoms with van der Waals surface area (Å²) in [5.74, 6) is -0.397. The van der Waals surface area contributed by atoms with E-state index in [2.05, 4.69) is 15.4 Å². The predicted molar refractivity (Wildman–Crippen MR) is 107 cm³/mol. The van der Waals surface area contributed by atoms with Crippen molar-refractivity contribution in [3.8, 4) is 11.1 Å². The smallest absolute Gasteiger partial charge is 0.416 e. The average Bonchev–Trinajstić information content (AvgIpc) is 3.23. The molecule has 11 heteroatoms. The first-order chi connectivity index (χ1) is 15.2. The van der Waals surface area contributed by atoms with Crippen LogP contribution in [0.5, 0.6) is 0 Å². The first kappa shape index (κ1) is 20.5. The molecule has 0 radical (unpaired) electrons. The number of carbonyl (C=O) groups is 1. The Hall–Kier alpha value is -3.37. The zero-order valence-electron chi connectivity index (χ0n) is 16.7. The van der Waals surface area contributed by atoms with Crippen molar-refractivity contribution >= 4 is 17.7 Å². The maximum absolute atomic E-state index is 14.6. The van der Waals surface area contributed by atoms with Crippen molar-refractivity contribution in [3.63, 3.8) is 0 Å². The third-order valence-corrected chi connectivity index (χ3v) is 6.35. The molecule has 1 aromatic carbocycles. The summed E-state index contributed by atoms with van der Waals surface area (Å²) >= 11 is 0. The third-order valence-electron chi connectivity index (χ3n) is 6.35. The lowest BCUT2D eigenvalue weighted by Gasteiger charge is -2.36. The highest BCUT2D eigenvalue weighted by molar-refractivity contribution is 5.78. The molecule has 2 atom stereocenters. The van der Waals surface area contributed by atoms with Gasteiger partial charge in [0.2, 0.25) is 5.95 Å². The number of aromatic nitrogens is 3. The maximum atomic E-state index is 14.6. The summed E-state index contributed by atoms with van der Waals surface area (Å²) < 4.78 is 54.7. The van der Waals surface area contributed by atoms with E-state index in [1.54, 1.807) is 18.3 Å². The molecule has 1 aliphatic heterocycles. The zero-order valence-corrected chi connectivity index (χ0v) is 16.7. The number of carboxylic acid groups (broad SMARTS) is 1. The maximum Gasteiger partial charge on any atom is 0.416 e. The number of anilines is 1. The zero-order chi connectivity index (χ0) is 22.6. The highest BCUT2D eigenvalue weighted by atomic mass is 19.4. The number of benzene rings is 1. The van der Waals surface area contributed by atoms with Crippen LogP contribution in [0.4, 0.5) is 28.3 Å². The van der Waals surface area contributed by atoms with Crippen LogP contribution in [0, 0.1) is 17.7 Å². The minimum absolute atomic E-state index is 0.00242. The molecule has 3 aromatic rings. The van der Waals surface area contributed by atoms with Gasteiger partial charge in [0.25, 0.3) is 0 Å². The Bertz CT molecular complexity index is 1180. The lowest BCUT2D eigenvalue weighted by Crippen LogP contribution is -2.49. The first-order valence-electron chi connectivity index (χ1n) is 10.2. The van der Waals surface area contributed by atoms with Gasteiger partial charge in [-0.15, -0.1) is 5.10 Å². The van der Waals surface area contributed by atoms with Crippen LogP contribution >= 0.6 is 0 Å². The molecular weight excluding hydrogens is 430 g/mol. The van der Waals surface area contributed by atoms with Crippen LogP contribution in [0.2, 0.25) is 0 Å². The van der Waals surface area contributed by atoms with Crippen LogP contribution in [-0.4, -0.2) is 49.8 Å².